The minimum Gasteiger partial charge on any atom is -0.345 e. The molecule has 4 amide bonds. The Balaban J connectivity index is 1.49. The lowest BCUT2D eigenvalue weighted by atomic mass is 10.1. The number of carbonyl (C=O) groups is 3. The summed E-state index contributed by atoms with van der Waals surface area (Å²) in [6.45, 7) is 0. The van der Waals surface area contributed by atoms with E-state index in [0.29, 0.717) is 16.8 Å². The van der Waals surface area contributed by atoms with Crippen molar-refractivity contribution in [3.8, 4) is 0 Å². The van der Waals surface area contributed by atoms with Gasteiger partial charge in [-0.15, -0.1) is 0 Å². The zero-order valence-electron chi connectivity index (χ0n) is 12.9. The number of urea groups is 1. The predicted molar refractivity (Wildman–Crippen MR) is 89.9 cm³/mol. The van der Waals surface area contributed by atoms with E-state index in [4.69, 9.17) is 0 Å². The first-order valence-electron chi connectivity index (χ1n) is 7.56. The number of nitrogens with zero attached hydrogens (tertiary/aromatic N) is 1. The third-order valence-corrected chi connectivity index (χ3v) is 3.96. The highest BCUT2D eigenvalue weighted by Gasteiger charge is 2.30. The van der Waals surface area contributed by atoms with Crippen molar-refractivity contribution in [1.29, 1.82) is 0 Å². The van der Waals surface area contributed by atoms with Gasteiger partial charge in [-0.1, -0.05) is 12.1 Å². The number of fused-ring (bicyclic) bond motifs is 1. The van der Waals surface area contributed by atoms with Crippen LogP contribution in [0.25, 0.3) is 11.0 Å². The fourth-order valence-electron chi connectivity index (χ4n) is 2.69. The van der Waals surface area contributed by atoms with Gasteiger partial charge in [0.15, 0.2) is 0 Å². The number of rotatable bonds is 3. The second-order valence-electron chi connectivity index (χ2n) is 5.61. The molecule has 1 atom stereocenters. The van der Waals surface area contributed by atoms with Gasteiger partial charge in [0.2, 0.25) is 0 Å². The molecule has 2 heterocycles. The molecule has 0 saturated carbocycles. The highest BCUT2D eigenvalue weighted by Crippen LogP contribution is 2.20. The molecule has 4 N–H and O–H groups in total. The maximum Gasteiger partial charge on any atom is 0.322 e. The van der Waals surface area contributed by atoms with E-state index in [2.05, 4.69) is 25.9 Å². The van der Waals surface area contributed by atoms with Crippen molar-refractivity contribution in [3.63, 3.8) is 0 Å². The summed E-state index contributed by atoms with van der Waals surface area (Å²) in [6, 6.07) is 10.7. The molecule has 3 aromatic rings. The van der Waals surface area contributed by atoms with Gasteiger partial charge in [0.1, 0.15) is 6.04 Å². The molecule has 1 fully saturated rings. The van der Waals surface area contributed by atoms with Crippen LogP contribution in [0, 0.1) is 0 Å². The second kappa shape index (κ2) is 5.75. The van der Waals surface area contributed by atoms with Crippen LogP contribution in [0.5, 0.6) is 0 Å². The van der Waals surface area contributed by atoms with Gasteiger partial charge in [-0.2, -0.15) is 0 Å². The average molecular weight is 335 g/mol. The summed E-state index contributed by atoms with van der Waals surface area (Å²) in [5.41, 5.74) is 3.30. The van der Waals surface area contributed by atoms with E-state index in [9.17, 15) is 14.4 Å². The maximum absolute atomic E-state index is 12.3. The van der Waals surface area contributed by atoms with Gasteiger partial charge in [0.25, 0.3) is 11.8 Å². The van der Waals surface area contributed by atoms with Gasteiger partial charge in [0, 0.05) is 11.3 Å². The summed E-state index contributed by atoms with van der Waals surface area (Å²) >= 11 is 0. The van der Waals surface area contributed by atoms with E-state index in [0.717, 1.165) is 11.0 Å². The summed E-state index contributed by atoms with van der Waals surface area (Å²) in [7, 11) is 0. The molecule has 124 valence electrons. The fourth-order valence-corrected chi connectivity index (χ4v) is 2.69. The Labute approximate surface area is 141 Å². The molecule has 8 nitrogen and oxygen atoms in total. The number of amides is 4. The number of imide groups is 1. The summed E-state index contributed by atoms with van der Waals surface area (Å²) in [5, 5.41) is 7.50. The van der Waals surface area contributed by atoms with Gasteiger partial charge >= 0.3 is 6.03 Å². The first-order chi connectivity index (χ1) is 12.1. The van der Waals surface area contributed by atoms with Gasteiger partial charge < -0.3 is 15.6 Å². The van der Waals surface area contributed by atoms with Crippen molar-refractivity contribution in [2.45, 2.75) is 6.04 Å². The van der Waals surface area contributed by atoms with Crippen LogP contribution in [0.4, 0.5) is 10.5 Å². The quantitative estimate of drug-likeness (QED) is 0.545. The minimum absolute atomic E-state index is 0.254. The number of carbonyl (C=O) groups excluding carboxylic acids is 3. The molecular formula is C17H13N5O3. The number of anilines is 1. The summed E-state index contributed by atoms with van der Waals surface area (Å²) in [4.78, 5) is 42.2. The molecule has 1 saturated heterocycles. The molecule has 25 heavy (non-hydrogen) atoms. The Kier molecular flexibility index (Phi) is 3.42. The Morgan fingerprint density at radius 3 is 2.60 bits per heavy atom. The standard InChI is InChI=1S/C17H13N5O3/c23-15(10-3-6-12-13(7-10)19-8-18-12)20-11-4-1-9(2-5-11)14-16(24)22-17(25)21-14/h1-8,14H,(H,18,19)(H,20,23)(H2,21,22,24,25). The maximum atomic E-state index is 12.3. The largest absolute Gasteiger partial charge is 0.345 e. The minimum atomic E-state index is -0.708. The SMILES string of the molecule is O=C1NC(=O)C(c2ccc(NC(=O)c3ccc4nc[nH]c4c3)cc2)N1. The zero-order chi connectivity index (χ0) is 17.4. The van der Waals surface area contributed by atoms with Crippen LogP contribution in [0.3, 0.4) is 0 Å². The van der Waals surface area contributed by atoms with E-state index in [1.165, 1.54) is 0 Å². The van der Waals surface area contributed by atoms with Crippen molar-refractivity contribution < 1.29 is 14.4 Å². The lowest BCUT2D eigenvalue weighted by Gasteiger charge is -2.09. The van der Waals surface area contributed by atoms with Crippen LogP contribution in [-0.4, -0.2) is 27.8 Å². The van der Waals surface area contributed by atoms with Crippen LogP contribution in [0.15, 0.2) is 48.8 Å². The van der Waals surface area contributed by atoms with Gasteiger partial charge in [-0.25, -0.2) is 9.78 Å². The van der Waals surface area contributed by atoms with Crippen molar-refractivity contribution in [2.75, 3.05) is 5.32 Å². The Bertz CT molecular complexity index is 993. The number of imidazole rings is 1. The normalized spacial score (nSPS) is 16.6. The first-order valence-corrected chi connectivity index (χ1v) is 7.56. The van der Waals surface area contributed by atoms with Crippen LogP contribution in [-0.2, 0) is 4.79 Å². The van der Waals surface area contributed by atoms with Crippen LogP contribution in [0.1, 0.15) is 22.0 Å². The van der Waals surface area contributed by atoms with Gasteiger partial charge in [-0.3, -0.25) is 14.9 Å². The molecule has 1 aliphatic rings. The van der Waals surface area contributed by atoms with E-state index in [1.54, 1.807) is 48.8 Å². The summed E-state index contributed by atoms with van der Waals surface area (Å²) in [5.74, 6) is -0.647. The molecular weight excluding hydrogens is 322 g/mol. The second-order valence-corrected chi connectivity index (χ2v) is 5.61. The number of hydrogen-bond donors (Lipinski definition) is 4. The molecule has 2 aromatic carbocycles. The summed E-state index contributed by atoms with van der Waals surface area (Å²) in [6.07, 6.45) is 1.57. The van der Waals surface area contributed by atoms with E-state index in [1.807, 2.05) is 0 Å². The Morgan fingerprint density at radius 1 is 1.08 bits per heavy atom. The predicted octanol–water partition coefficient (Wildman–Crippen LogP) is 1.70. The smallest absolute Gasteiger partial charge is 0.322 e. The number of nitrogens with one attached hydrogen (secondary N) is 4. The van der Waals surface area contributed by atoms with Crippen molar-refractivity contribution in [1.82, 2.24) is 20.6 Å². The molecule has 4 rings (SSSR count). The molecule has 0 bridgehead atoms. The van der Waals surface area contributed by atoms with Gasteiger partial charge in [0.05, 0.1) is 17.4 Å². The third kappa shape index (κ3) is 2.80. The molecule has 0 spiro atoms. The number of aromatic nitrogens is 2. The molecule has 0 aliphatic carbocycles. The lowest BCUT2D eigenvalue weighted by molar-refractivity contribution is -0.120. The van der Waals surface area contributed by atoms with Crippen LogP contribution in [0.2, 0.25) is 0 Å². The lowest BCUT2D eigenvalue weighted by Crippen LogP contribution is -2.22. The van der Waals surface area contributed by atoms with Crippen LogP contribution >= 0.6 is 0 Å². The fraction of sp³-hybridized carbons (Fsp3) is 0.0588. The highest BCUT2D eigenvalue weighted by atomic mass is 16.2. The number of H-pyrrole nitrogens is 1. The van der Waals surface area contributed by atoms with E-state index < -0.39 is 18.0 Å². The Hall–Kier alpha value is -3.68. The topological polar surface area (TPSA) is 116 Å². The molecule has 0 radical (unpaired) electrons. The number of benzene rings is 2. The average Bonchev–Trinajstić information content (AvgIpc) is 3.20. The van der Waals surface area contributed by atoms with Crippen molar-refractivity contribution >= 4 is 34.6 Å². The van der Waals surface area contributed by atoms with E-state index in [-0.39, 0.29) is 5.91 Å². The van der Waals surface area contributed by atoms with E-state index >= 15 is 0 Å². The van der Waals surface area contributed by atoms with Crippen molar-refractivity contribution in [2.24, 2.45) is 0 Å². The first kappa shape index (κ1) is 14.9. The highest BCUT2D eigenvalue weighted by molar-refractivity contribution is 6.06. The van der Waals surface area contributed by atoms with Crippen molar-refractivity contribution in [3.05, 3.63) is 59.9 Å². The van der Waals surface area contributed by atoms with Gasteiger partial charge in [-0.05, 0) is 35.9 Å². The van der Waals surface area contributed by atoms with Crippen LogP contribution < -0.4 is 16.0 Å². The number of aromatic amines is 1. The monoisotopic (exact) mass is 335 g/mol. The molecule has 1 aromatic heterocycles. The molecule has 1 unspecified atom stereocenters. The third-order valence-electron chi connectivity index (χ3n) is 3.96. The zero-order valence-corrected chi connectivity index (χ0v) is 12.9. The Morgan fingerprint density at radius 2 is 1.88 bits per heavy atom. The molecule has 8 heteroatoms. The molecule has 1 aliphatic heterocycles. The number of hydrogen-bond acceptors (Lipinski definition) is 4. The summed E-state index contributed by atoms with van der Waals surface area (Å²) < 4.78 is 0.